The van der Waals surface area contributed by atoms with Crippen LogP contribution in [0.2, 0.25) is 0 Å². The van der Waals surface area contributed by atoms with Crippen LogP contribution in [0.3, 0.4) is 0 Å². The molecule has 0 aliphatic carbocycles. The molecule has 2 heteroatoms. The van der Waals surface area contributed by atoms with Gasteiger partial charge < -0.3 is 4.74 Å². The highest BCUT2D eigenvalue weighted by Crippen LogP contribution is 2.12. The molecule has 1 rings (SSSR count). The van der Waals surface area contributed by atoms with Gasteiger partial charge in [-0.3, -0.25) is 4.79 Å². The zero-order valence-electron chi connectivity index (χ0n) is 11.0. The number of ketones is 1. The lowest BCUT2D eigenvalue weighted by atomic mass is 9.98. The predicted molar refractivity (Wildman–Crippen MR) is 70.0 cm³/mol. The molecule has 2 nitrogen and oxygen atoms in total. The zero-order valence-corrected chi connectivity index (χ0v) is 11.0. The number of methoxy groups -OCH3 is 1. The van der Waals surface area contributed by atoms with Crippen LogP contribution in [0.1, 0.15) is 32.3 Å². The summed E-state index contributed by atoms with van der Waals surface area (Å²) >= 11 is 0. The van der Waals surface area contributed by atoms with Crippen LogP contribution in [0.25, 0.3) is 0 Å². The summed E-state index contributed by atoms with van der Waals surface area (Å²) in [6, 6.07) is 10.3. The number of rotatable bonds is 7. The first-order valence-corrected chi connectivity index (χ1v) is 6.24. The first-order valence-electron chi connectivity index (χ1n) is 6.24. The Labute approximate surface area is 104 Å². The predicted octanol–water partition coefficient (Wildman–Crippen LogP) is 3.25. The van der Waals surface area contributed by atoms with Gasteiger partial charge in [0.15, 0.2) is 5.78 Å². The van der Waals surface area contributed by atoms with Gasteiger partial charge in [-0.2, -0.15) is 0 Å². The van der Waals surface area contributed by atoms with E-state index in [4.69, 9.17) is 4.74 Å². The van der Waals surface area contributed by atoms with Gasteiger partial charge in [-0.25, -0.2) is 0 Å². The average molecular weight is 234 g/mol. The van der Waals surface area contributed by atoms with Crippen LogP contribution in [0.4, 0.5) is 0 Å². The maximum Gasteiger partial charge on any atom is 0.161 e. The number of carbonyl (C=O) groups excluding carboxylic acids is 1. The Hall–Kier alpha value is -1.15. The van der Waals surface area contributed by atoms with Crippen molar-refractivity contribution in [1.82, 2.24) is 0 Å². The monoisotopic (exact) mass is 234 g/mol. The molecule has 0 amide bonds. The lowest BCUT2D eigenvalue weighted by Gasteiger charge is -2.17. The summed E-state index contributed by atoms with van der Waals surface area (Å²) in [5.74, 6) is 0.475. The van der Waals surface area contributed by atoms with E-state index in [0.717, 1.165) is 12.8 Å². The smallest absolute Gasteiger partial charge is 0.161 e. The molecule has 0 fully saturated rings. The van der Waals surface area contributed by atoms with Crippen LogP contribution in [-0.2, 0) is 16.0 Å². The fourth-order valence-corrected chi connectivity index (χ4v) is 2.03. The highest BCUT2D eigenvalue weighted by Gasteiger charge is 2.20. The van der Waals surface area contributed by atoms with E-state index in [1.807, 2.05) is 32.0 Å². The Morgan fingerprint density at radius 2 is 1.88 bits per heavy atom. The highest BCUT2D eigenvalue weighted by atomic mass is 16.5. The van der Waals surface area contributed by atoms with E-state index in [1.165, 1.54) is 5.56 Å². The highest BCUT2D eigenvalue weighted by molar-refractivity contribution is 5.83. The Morgan fingerprint density at radius 1 is 1.24 bits per heavy atom. The summed E-state index contributed by atoms with van der Waals surface area (Å²) in [6.45, 7) is 4.03. The third-order valence-corrected chi connectivity index (χ3v) is 2.91. The van der Waals surface area contributed by atoms with Crippen LogP contribution in [-0.4, -0.2) is 19.0 Å². The van der Waals surface area contributed by atoms with E-state index in [-0.39, 0.29) is 17.8 Å². The molecule has 1 aromatic carbocycles. The van der Waals surface area contributed by atoms with Crippen LogP contribution in [0, 0.1) is 5.92 Å². The zero-order chi connectivity index (χ0) is 12.7. The van der Waals surface area contributed by atoms with Gasteiger partial charge in [0.2, 0.25) is 0 Å². The number of benzene rings is 1. The van der Waals surface area contributed by atoms with Crippen molar-refractivity contribution in [2.75, 3.05) is 7.11 Å². The summed E-state index contributed by atoms with van der Waals surface area (Å²) in [5.41, 5.74) is 1.29. The van der Waals surface area contributed by atoms with Crippen molar-refractivity contribution in [2.24, 2.45) is 5.92 Å². The summed E-state index contributed by atoms with van der Waals surface area (Å²) in [7, 11) is 1.61. The van der Waals surface area contributed by atoms with Crippen molar-refractivity contribution in [1.29, 1.82) is 0 Å². The molecule has 1 aromatic rings. The van der Waals surface area contributed by atoms with Gasteiger partial charge in [-0.1, -0.05) is 44.2 Å². The van der Waals surface area contributed by atoms with E-state index in [0.29, 0.717) is 6.42 Å². The van der Waals surface area contributed by atoms with E-state index in [9.17, 15) is 4.79 Å². The second-order valence-corrected chi connectivity index (χ2v) is 4.71. The van der Waals surface area contributed by atoms with Crippen molar-refractivity contribution >= 4 is 5.78 Å². The van der Waals surface area contributed by atoms with Crippen LogP contribution >= 0.6 is 0 Å². The Balaban J connectivity index is 2.33. The summed E-state index contributed by atoms with van der Waals surface area (Å²) < 4.78 is 5.23. The van der Waals surface area contributed by atoms with Gasteiger partial charge >= 0.3 is 0 Å². The second-order valence-electron chi connectivity index (χ2n) is 4.71. The molecule has 17 heavy (non-hydrogen) atoms. The van der Waals surface area contributed by atoms with Gasteiger partial charge in [0.1, 0.15) is 6.10 Å². The van der Waals surface area contributed by atoms with Crippen LogP contribution < -0.4 is 0 Å². The first kappa shape index (κ1) is 13.9. The molecule has 0 aliphatic heterocycles. The third kappa shape index (κ3) is 4.70. The SMILES string of the molecule is COC(C(=O)CCCc1ccccc1)C(C)C. The summed E-state index contributed by atoms with van der Waals surface area (Å²) in [4.78, 5) is 11.9. The third-order valence-electron chi connectivity index (χ3n) is 2.91. The van der Waals surface area contributed by atoms with Crippen molar-refractivity contribution in [3.05, 3.63) is 35.9 Å². The minimum absolute atomic E-state index is 0.221. The van der Waals surface area contributed by atoms with Crippen LogP contribution in [0.15, 0.2) is 30.3 Å². The molecular formula is C15H22O2. The molecular weight excluding hydrogens is 212 g/mol. The van der Waals surface area contributed by atoms with Crippen molar-refractivity contribution in [3.8, 4) is 0 Å². The van der Waals surface area contributed by atoms with Crippen LogP contribution in [0.5, 0.6) is 0 Å². The molecule has 0 N–H and O–H groups in total. The fourth-order valence-electron chi connectivity index (χ4n) is 2.03. The molecule has 0 aliphatic rings. The topological polar surface area (TPSA) is 26.3 Å². The number of Topliss-reactive ketones (excluding diaryl/α,β-unsaturated/α-hetero) is 1. The van der Waals surface area contributed by atoms with E-state index >= 15 is 0 Å². The van der Waals surface area contributed by atoms with Crippen molar-refractivity contribution in [2.45, 2.75) is 39.2 Å². The average Bonchev–Trinajstić information content (AvgIpc) is 2.30. The van der Waals surface area contributed by atoms with Crippen molar-refractivity contribution < 1.29 is 9.53 Å². The normalized spacial score (nSPS) is 12.7. The molecule has 0 aromatic heterocycles. The van der Waals surface area contributed by atoms with E-state index in [1.54, 1.807) is 7.11 Å². The molecule has 0 heterocycles. The number of aryl methyl sites for hydroxylation is 1. The molecule has 0 spiro atoms. The van der Waals surface area contributed by atoms with Gasteiger partial charge in [0.05, 0.1) is 0 Å². The number of hydrogen-bond acceptors (Lipinski definition) is 2. The van der Waals surface area contributed by atoms with E-state index < -0.39 is 0 Å². The lowest BCUT2D eigenvalue weighted by Crippen LogP contribution is -2.28. The van der Waals surface area contributed by atoms with Gasteiger partial charge in [-0.15, -0.1) is 0 Å². The molecule has 0 saturated carbocycles. The molecule has 0 bridgehead atoms. The Bertz CT molecular complexity index is 330. The standard InChI is InChI=1S/C15H22O2/c1-12(2)15(17-3)14(16)11-7-10-13-8-5-4-6-9-13/h4-6,8-9,12,15H,7,10-11H2,1-3H3. The number of carbonyl (C=O) groups is 1. The molecule has 0 saturated heterocycles. The van der Waals surface area contributed by atoms with Gasteiger partial charge in [0.25, 0.3) is 0 Å². The van der Waals surface area contributed by atoms with Crippen molar-refractivity contribution in [3.63, 3.8) is 0 Å². The quantitative estimate of drug-likeness (QED) is 0.724. The summed E-state index contributed by atoms with van der Waals surface area (Å²) in [6.07, 6.45) is 2.22. The fraction of sp³-hybridized carbons (Fsp3) is 0.533. The maximum absolute atomic E-state index is 11.9. The summed E-state index contributed by atoms with van der Waals surface area (Å²) in [5, 5.41) is 0. The second kappa shape index (κ2) is 7.23. The van der Waals surface area contributed by atoms with Gasteiger partial charge in [0, 0.05) is 13.5 Å². The molecule has 0 radical (unpaired) electrons. The van der Waals surface area contributed by atoms with Gasteiger partial charge in [-0.05, 0) is 24.3 Å². The molecule has 1 atom stereocenters. The minimum Gasteiger partial charge on any atom is -0.373 e. The Kier molecular flexibility index (Phi) is 5.92. The van der Waals surface area contributed by atoms with E-state index in [2.05, 4.69) is 12.1 Å². The lowest BCUT2D eigenvalue weighted by molar-refractivity contribution is -0.131. The largest absolute Gasteiger partial charge is 0.373 e. The number of ether oxygens (including phenoxy) is 1. The number of hydrogen-bond donors (Lipinski definition) is 0. The first-order chi connectivity index (χ1) is 8.15. The molecule has 1 unspecified atom stereocenters. The Morgan fingerprint density at radius 3 is 2.41 bits per heavy atom. The minimum atomic E-state index is -0.245. The molecule has 94 valence electrons. The maximum atomic E-state index is 11.9.